The van der Waals surface area contributed by atoms with Crippen LogP contribution in [-0.2, 0) is 14.8 Å². The average molecular weight is 517 g/mol. The maximum Gasteiger partial charge on any atom is 0.242 e. The second kappa shape index (κ2) is 11.8. The molecular formula is C28H24N2O4S2. The molecule has 8 heteroatoms. The maximum absolute atomic E-state index is 13.2. The first-order chi connectivity index (χ1) is 17.4. The number of nitrogens with one attached hydrogen (secondary N) is 2. The Morgan fingerprint density at radius 1 is 0.722 bits per heavy atom. The summed E-state index contributed by atoms with van der Waals surface area (Å²) in [6.07, 6.45) is 0. The van der Waals surface area contributed by atoms with Crippen LogP contribution in [0.1, 0.15) is 21.2 Å². The van der Waals surface area contributed by atoms with Gasteiger partial charge in [0.1, 0.15) is 5.25 Å². The first kappa shape index (κ1) is 25.4. The van der Waals surface area contributed by atoms with E-state index in [2.05, 4.69) is 10.0 Å². The molecule has 0 bridgehead atoms. The predicted octanol–water partition coefficient (Wildman–Crippen LogP) is 5.32. The summed E-state index contributed by atoms with van der Waals surface area (Å²) in [5.74, 6) is -0.553. The average Bonchev–Trinajstić information content (AvgIpc) is 2.92. The number of rotatable bonds is 10. The fraction of sp³-hybridized carbons (Fsp3) is 0.0714. The summed E-state index contributed by atoms with van der Waals surface area (Å²) in [4.78, 5) is 26.4. The fourth-order valence-electron chi connectivity index (χ4n) is 3.43. The van der Waals surface area contributed by atoms with E-state index in [1.807, 2.05) is 60.7 Å². The standard InChI is InChI=1S/C28H24N2O4S2/c31-26(21-10-4-1-5-11-21)20-29-36(33,34)25-18-16-23(17-19-25)30-28(32)27(22-12-6-2-7-13-22)35-24-14-8-3-9-15-24/h1-19,27,29H,20H2,(H,30,32). The summed E-state index contributed by atoms with van der Waals surface area (Å²) >= 11 is 1.43. The Kier molecular flexibility index (Phi) is 8.32. The van der Waals surface area contributed by atoms with E-state index in [4.69, 9.17) is 0 Å². The van der Waals surface area contributed by atoms with Crippen LogP contribution in [0.15, 0.2) is 125 Å². The number of thioether (sulfide) groups is 1. The molecule has 182 valence electrons. The number of hydrogen-bond donors (Lipinski definition) is 2. The van der Waals surface area contributed by atoms with Gasteiger partial charge in [-0.05, 0) is 42.0 Å². The quantitative estimate of drug-likeness (QED) is 0.220. The van der Waals surface area contributed by atoms with E-state index in [9.17, 15) is 18.0 Å². The summed E-state index contributed by atoms with van der Waals surface area (Å²) in [6.45, 7) is -0.347. The van der Waals surface area contributed by atoms with Crippen LogP contribution < -0.4 is 10.0 Å². The van der Waals surface area contributed by atoms with Crippen molar-refractivity contribution in [3.8, 4) is 0 Å². The van der Waals surface area contributed by atoms with E-state index in [1.165, 1.54) is 36.0 Å². The van der Waals surface area contributed by atoms with E-state index in [0.717, 1.165) is 10.5 Å². The minimum atomic E-state index is -3.90. The van der Waals surface area contributed by atoms with E-state index < -0.39 is 15.3 Å². The van der Waals surface area contributed by atoms with Crippen molar-refractivity contribution in [1.82, 2.24) is 4.72 Å². The first-order valence-electron chi connectivity index (χ1n) is 11.2. The zero-order valence-corrected chi connectivity index (χ0v) is 20.8. The van der Waals surface area contributed by atoms with Crippen LogP contribution in [0, 0.1) is 0 Å². The van der Waals surface area contributed by atoms with Gasteiger partial charge in [0.25, 0.3) is 0 Å². The largest absolute Gasteiger partial charge is 0.325 e. The SMILES string of the molecule is O=C(CNS(=O)(=O)c1ccc(NC(=O)C(Sc2ccccc2)c2ccccc2)cc1)c1ccccc1. The molecule has 0 saturated heterocycles. The van der Waals surface area contributed by atoms with Gasteiger partial charge in [0.2, 0.25) is 15.9 Å². The maximum atomic E-state index is 13.2. The molecule has 0 spiro atoms. The number of benzene rings is 4. The van der Waals surface area contributed by atoms with Crippen molar-refractivity contribution in [1.29, 1.82) is 0 Å². The Labute approximate surface area is 214 Å². The molecule has 6 nitrogen and oxygen atoms in total. The van der Waals surface area contributed by atoms with Gasteiger partial charge in [-0.3, -0.25) is 9.59 Å². The third-order valence-corrected chi connectivity index (χ3v) is 7.97. The van der Waals surface area contributed by atoms with Crippen molar-refractivity contribution in [2.24, 2.45) is 0 Å². The molecule has 0 heterocycles. The minimum absolute atomic E-state index is 0.000342. The van der Waals surface area contributed by atoms with Gasteiger partial charge in [-0.15, -0.1) is 11.8 Å². The minimum Gasteiger partial charge on any atom is -0.325 e. The number of carbonyl (C=O) groups excluding carboxylic acids is 2. The zero-order valence-electron chi connectivity index (χ0n) is 19.2. The van der Waals surface area contributed by atoms with E-state index in [0.29, 0.717) is 11.3 Å². The number of Topliss-reactive ketones (excluding diaryl/α,β-unsaturated/α-hetero) is 1. The molecular weight excluding hydrogens is 492 g/mol. The molecule has 0 radical (unpaired) electrons. The Morgan fingerprint density at radius 3 is 1.89 bits per heavy atom. The summed E-state index contributed by atoms with van der Waals surface area (Å²) in [7, 11) is -3.90. The number of sulfonamides is 1. The van der Waals surface area contributed by atoms with Crippen molar-refractivity contribution < 1.29 is 18.0 Å². The van der Waals surface area contributed by atoms with E-state index in [-0.39, 0.29) is 23.1 Å². The van der Waals surface area contributed by atoms with Gasteiger partial charge in [0, 0.05) is 16.1 Å². The normalized spacial score (nSPS) is 12.0. The highest BCUT2D eigenvalue weighted by atomic mass is 32.2. The summed E-state index contributed by atoms with van der Waals surface area (Å²) in [5.41, 5.74) is 1.75. The topological polar surface area (TPSA) is 92.3 Å². The summed E-state index contributed by atoms with van der Waals surface area (Å²) in [5, 5.41) is 2.38. The van der Waals surface area contributed by atoms with Crippen molar-refractivity contribution in [2.75, 3.05) is 11.9 Å². The van der Waals surface area contributed by atoms with Gasteiger partial charge < -0.3 is 5.32 Å². The molecule has 0 aliphatic heterocycles. The lowest BCUT2D eigenvalue weighted by Crippen LogP contribution is -2.29. The predicted molar refractivity (Wildman–Crippen MR) is 143 cm³/mol. The molecule has 0 fully saturated rings. The molecule has 0 saturated carbocycles. The number of hydrogen-bond acceptors (Lipinski definition) is 5. The Hall–Kier alpha value is -3.72. The number of ketones is 1. The second-order valence-corrected chi connectivity index (χ2v) is 10.8. The van der Waals surface area contributed by atoms with Crippen LogP contribution >= 0.6 is 11.8 Å². The van der Waals surface area contributed by atoms with Crippen molar-refractivity contribution in [2.45, 2.75) is 15.0 Å². The molecule has 2 N–H and O–H groups in total. The van der Waals surface area contributed by atoms with Crippen LogP contribution in [0.4, 0.5) is 5.69 Å². The van der Waals surface area contributed by atoms with Crippen molar-refractivity contribution >= 4 is 39.2 Å². The van der Waals surface area contributed by atoms with E-state index >= 15 is 0 Å². The highest BCUT2D eigenvalue weighted by molar-refractivity contribution is 8.00. The molecule has 4 aromatic carbocycles. The van der Waals surface area contributed by atoms with Gasteiger partial charge in [-0.1, -0.05) is 78.9 Å². The molecule has 1 amide bonds. The lowest BCUT2D eigenvalue weighted by Gasteiger charge is -2.17. The fourth-order valence-corrected chi connectivity index (χ4v) is 5.46. The van der Waals surface area contributed by atoms with Crippen LogP contribution in [0.25, 0.3) is 0 Å². The second-order valence-electron chi connectivity index (χ2n) is 7.85. The third kappa shape index (κ3) is 6.69. The molecule has 4 rings (SSSR count). The van der Waals surface area contributed by atoms with Crippen molar-refractivity contribution in [3.63, 3.8) is 0 Å². The van der Waals surface area contributed by atoms with Crippen LogP contribution in [-0.4, -0.2) is 26.7 Å². The summed E-state index contributed by atoms with van der Waals surface area (Å²) in [6, 6.07) is 33.5. The third-order valence-electron chi connectivity index (χ3n) is 5.29. The smallest absolute Gasteiger partial charge is 0.242 e. The molecule has 1 atom stereocenters. The highest BCUT2D eigenvalue weighted by Gasteiger charge is 2.23. The molecule has 4 aromatic rings. The zero-order chi connectivity index (χ0) is 25.4. The van der Waals surface area contributed by atoms with Gasteiger partial charge in [-0.25, -0.2) is 13.1 Å². The molecule has 0 aliphatic rings. The monoisotopic (exact) mass is 516 g/mol. The Balaban J connectivity index is 1.43. The van der Waals surface area contributed by atoms with Crippen LogP contribution in [0.5, 0.6) is 0 Å². The molecule has 1 unspecified atom stereocenters. The Bertz CT molecular complexity index is 1410. The van der Waals surface area contributed by atoms with Gasteiger partial charge in [0.15, 0.2) is 5.78 Å². The highest BCUT2D eigenvalue weighted by Crippen LogP contribution is 2.36. The summed E-state index contributed by atoms with van der Waals surface area (Å²) < 4.78 is 27.6. The lowest BCUT2D eigenvalue weighted by molar-refractivity contribution is -0.115. The first-order valence-corrected chi connectivity index (χ1v) is 13.5. The lowest BCUT2D eigenvalue weighted by atomic mass is 10.1. The molecule has 0 aromatic heterocycles. The number of anilines is 1. The Morgan fingerprint density at radius 2 is 1.28 bits per heavy atom. The van der Waals surface area contributed by atoms with Gasteiger partial charge in [0.05, 0.1) is 11.4 Å². The van der Waals surface area contributed by atoms with Gasteiger partial charge in [-0.2, -0.15) is 0 Å². The van der Waals surface area contributed by atoms with Gasteiger partial charge >= 0.3 is 0 Å². The number of carbonyl (C=O) groups is 2. The molecule has 0 aliphatic carbocycles. The number of amides is 1. The van der Waals surface area contributed by atoms with E-state index in [1.54, 1.807) is 30.3 Å². The molecule has 36 heavy (non-hydrogen) atoms. The van der Waals surface area contributed by atoms with Crippen LogP contribution in [0.2, 0.25) is 0 Å². The van der Waals surface area contributed by atoms with Crippen molar-refractivity contribution in [3.05, 3.63) is 126 Å². The van der Waals surface area contributed by atoms with Crippen LogP contribution in [0.3, 0.4) is 0 Å².